The standard InChI is InChI=1S/C13H18BrNO2/c1-9(2)12(14)13(17)15-11(8-16)10-6-4-3-5-7-10/h3-7,9,11-12,16H,8H2,1-2H3,(H,15,17). The van der Waals surface area contributed by atoms with E-state index in [-0.39, 0.29) is 29.3 Å². The Kier molecular flexibility index (Phi) is 5.65. The number of benzene rings is 1. The van der Waals surface area contributed by atoms with E-state index in [1.807, 2.05) is 44.2 Å². The van der Waals surface area contributed by atoms with Crippen LogP contribution in [-0.2, 0) is 4.79 Å². The van der Waals surface area contributed by atoms with Crippen LogP contribution in [0.2, 0.25) is 0 Å². The van der Waals surface area contributed by atoms with Crippen LogP contribution in [0.4, 0.5) is 0 Å². The molecule has 0 radical (unpaired) electrons. The predicted molar refractivity (Wildman–Crippen MR) is 72.0 cm³/mol. The summed E-state index contributed by atoms with van der Waals surface area (Å²) < 4.78 is 0. The minimum atomic E-state index is -0.345. The number of carbonyl (C=O) groups is 1. The zero-order valence-corrected chi connectivity index (χ0v) is 11.6. The number of carbonyl (C=O) groups excluding carboxylic acids is 1. The number of aliphatic hydroxyl groups is 1. The number of aliphatic hydroxyl groups excluding tert-OH is 1. The summed E-state index contributed by atoms with van der Waals surface area (Å²) in [4.78, 5) is 11.6. The van der Waals surface area contributed by atoms with Crippen LogP contribution in [-0.4, -0.2) is 22.4 Å². The molecule has 94 valence electrons. The molecular weight excluding hydrogens is 282 g/mol. The summed E-state index contributed by atoms with van der Waals surface area (Å²) in [7, 11) is 0. The van der Waals surface area contributed by atoms with Gasteiger partial charge < -0.3 is 10.4 Å². The Morgan fingerprint density at radius 1 is 1.35 bits per heavy atom. The highest BCUT2D eigenvalue weighted by molar-refractivity contribution is 9.10. The molecule has 0 saturated carbocycles. The molecule has 1 rings (SSSR count). The van der Waals surface area contributed by atoms with Gasteiger partial charge in [0, 0.05) is 0 Å². The Hall–Kier alpha value is -0.870. The molecule has 2 unspecified atom stereocenters. The van der Waals surface area contributed by atoms with Crippen molar-refractivity contribution in [1.29, 1.82) is 0 Å². The summed E-state index contributed by atoms with van der Waals surface area (Å²) >= 11 is 3.34. The first-order valence-electron chi connectivity index (χ1n) is 5.66. The van der Waals surface area contributed by atoms with Gasteiger partial charge in [-0.25, -0.2) is 0 Å². The Morgan fingerprint density at radius 2 is 1.94 bits per heavy atom. The summed E-state index contributed by atoms with van der Waals surface area (Å²) in [5, 5.41) is 12.1. The van der Waals surface area contributed by atoms with Gasteiger partial charge in [-0.3, -0.25) is 4.79 Å². The van der Waals surface area contributed by atoms with Gasteiger partial charge in [-0.05, 0) is 11.5 Å². The van der Waals surface area contributed by atoms with Gasteiger partial charge in [0.15, 0.2) is 0 Å². The molecule has 1 aromatic carbocycles. The predicted octanol–water partition coefficient (Wildman–Crippen LogP) is 2.26. The second kappa shape index (κ2) is 6.77. The first-order chi connectivity index (χ1) is 8.06. The van der Waals surface area contributed by atoms with Crippen LogP contribution in [0.1, 0.15) is 25.5 Å². The number of alkyl halides is 1. The molecule has 4 heteroatoms. The van der Waals surface area contributed by atoms with Crippen LogP contribution in [0, 0.1) is 5.92 Å². The molecule has 3 nitrogen and oxygen atoms in total. The molecular formula is C13H18BrNO2. The third-order valence-electron chi connectivity index (χ3n) is 2.54. The molecule has 0 heterocycles. The number of halogens is 1. The molecule has 0 bridgehead atoms. The van der Waals surface area contributed by atoms with Gasteiger partial charge in [0.1, 0.15) is 0 Å². The van der Waals surface area contributed by atoms with Gasteiger partial charge in [0.25, 0.3) is 0 Å². The Bertz CT molecular complexity index is 354. The fraction of sp³-hybridized carbons (Fsp3) is 0.462. The van der Waals surface area contributed by atoms with Gasteiger partial charge in [-0.2, -0.15) is 0 Å². The smallest absolute Gasteiger partial charge is 0.234 e. The van der Waals surface area contributed by atoms with Crippen molar-refractivity contribution in [2.24, 2.45) is 5.92 Å². The second-order valence-electron chi connectivity index (χ2n) is 4.30. The van der Waals surface area contributed by atoms with Gasteiger partial charge >= 0.3 is 0 Å². The third-order valence-corrected chi connectivity index (χ3v) is 4.01. The van der Waals surface area contributed by atoms with E-state index in [4.69, 9.17) is 0 Å². The SMILES string of the molecule is CC(C)C(Br)C(=O)NC(CO)c1ccccc1. The lowest BCUT2D eigenvalue weighted by Crippen LogP contribution is -2.38. The first-order valence-corrected chi connectivity index (χ1v) is 6.58. The fourth-order valence-electron chi connectivity index (χ4n) is 1.47. The largest absolute Gasteiger partial charge is 0.394 e. The third kappa shape index (κ3) is 4.13. The molecule has 2 N–H and O–H groups in total. The van der Waals surface area contributed by atoms with Crippen molar-refractivity contribution < 1.29 is 9.90 Å². The van der Waals surface area contributed by atoms with E-state index in [2.05, 4.69) is 21.2 Å². The van der Waals surface area contributed by atoms with Gasteiger partial charge in [-0.1, -0.05) is 60.1 Å². The first kappa shape index (κ1) is 14.2. The van der Waals surface area contributed by atoms with Crippen molar-refractivity contribution >= 4 is 21.8 Å². The molecule has 1 amide bonds. The molecule has 2 atom stereocenters. The number of nitrogens with one attached hydrogen (secondary N) is 1. The summed E-state index contributed by atoms with van der Waals surface area (Å²) in [5.41, 5.74) is 0.909. The molecule has 0 aliphatic rings. The fourth-order valence-corrected chi connectivity index (χ4v) is 1.61. The van der Waals surface area contributed by atoms with Gasteiger partial charge in [-0.15, -0.1) is 0 Å². The Labute approximate surface area is 110 Å². The summed E-state index contributed by atoms with van der Waals surface area (Å²) in [6.45, 7) is 3.83. The minimum Gasteiger partial charge on any atom is -0.394 e. The molecule has 0 aliphatic carbocycles. The number of rotatable bonds is 5. The van der Waals surface area contributed by atoms with Crippen LogP contribution >= 0.6 is 15.9 Å². The highest BCUT2D eigenvalue weighted by Crippen LogP contribution is 2.16. The average molecular weight is 300 g/mol. The van der Waals surface area contributed by atoms with E-state index < -0.39 is 0 Å². The summed E-state index contributed by atoms with van der Waals surface area (Å²) in [6.07, 6.45) is 0. The highest BCUT2D eigenvalue weighted by atomic mass is 79.9. The van der Waals surface area contributed by atoms with Crippen molar-refractivity contribution in [2.45, 2.75) is 24.7 Å². The van der Waals surface area contributed by atoms with E-state index in [1.54, 1.807) is 0 Å². The van der Waals surface area contributed by atoms with Crippen LogP contribution < -0.4 is 5.32 Å². The quantitative estimate of drug-likeness (QED) is 0.820. The van der Waals surface area contributed by atoms with Crippen molar-refractivity contribution in [3.05, 3.63) is 35.9 Å². The van der Waals surface area contributed by atoms with Gasteiger partial charge in [0.2, 0.25) is 5.91 Å². The second-order valence-corrected chi connectivity index (χ2v) is 5.29. The van der Waals surface area contributed by atoms with Crippen LogP contribution in [0.3, 0.4) is 0 Å². The highest BCUT2D eigenvalue weighted by Gasteiger charge is 2.21. The maximum absolute atomic E-state index is 11.9. The molecule has 0 saturated heterocycles. The van der Waals surface area contributed by atoms with Crippen molar-refractivity contribution in [2.75, 3.05) is 6.61 Å². The molecule has 0 aliphatic heterocycles. The lowest BCUT2D eigenvalue weighted by atomic mass is 10.1. The lowest BCUT2D eigenvalue weighted by molar-refractivity contribution is -0.122. The normalized spacial score (nSPS) is 14.4. The zero-order chi connectivity index (χ0) is 12.8. The number of amides is 1. The average Bonchev–Trinajstić information content (AvgIpc) is 2.35. The monoisotopic (exact) mass is 299 g/mol. The van der Waals surface area contributed by atoms with E-state index in [9.17, 15) is 9.90 Å². The summed E-state index contributed by atoms with van der Waals surface area (Å²) in [5.74, 6) is 0.119. The van der Waals surface area contributed by atoms with E-state index in [1.165, 1.54) is 0 Å². The topological polar surface area (TPSA) is 49.3 Å². The number of hydrogen-bond acceptors (Lipinski definition) is 2. The van der Waals surface area contributed by atoms with E-state index >= 15 is 0 Å². The lowest BCUT2D eigenvalue weighted by Gasteiger charge is -2.20. The number of hydrogen-bond donors (Lipinski definition) is 2. The van der Waals surface area contributed by atoms with E-state index in [0.29, 0.717) is 0 Å². The minimum absolute atomic E-state index is 0.0945. The summed E-state index contributed by atoms with van der Waals surface area (Å²) in [6, 6.07) is 9.11. The Balaban J connectivity index is 2.68. The van der Waals surface area contributed by atoms with Crippen molar-refractivity contribution in [3.8, 4) is 0 Å². The van der Waals surface area contributed by atoms with Crippen LogP contribution in [0.15, 0.2) is 30.3 Å². The Morgan fingerprint density at radius 3 is 2.41 bits per heavy atom. The molecule has 0 fully saturated rings. The molecule has 17 heavy (non-hydrogen) atoms. The molecule has 0 aromatic heterocycles. The maximum atomic E-state index is 11.9. The van der Waals surface area contributed by atoms with Crippen molar-refractivity contribution in [1.82, 2.24) is 5.32 Å². The van der Waals surface area contributed by atoms with E-state index in [0.717, 1.165) is 5.56 Å². The molecule has 0 spiro atoms. The molecule has 1 aromatic rings. The zero-order valence-electron chi connectivity index (χ0n) is 10.1. The van der Waals surface area contributed by atoms with Crippen LogP contribution in [0.5, 0.6) is 0 Å². The van der Waals surface area contributed by atoms with Crippen molar-refractivity contribution in [3.63, 3.8) is 0 Å². The van der Waals surface area contributed by atoms with Gasteiger partial charge in [0.05, 0.1) is 17.5 Å². The van der Waals surface area contributed by atoms with Crippen LogP contribution in [0.25, 0.3) is 0 Å². The maximum Gasteiger partial charge on any atom is 0.234 e.